The maximum atomic E-state index is 4.11. The van der Waals surface area contributed by atoms with E-state index in [-0.39, 0.29) is 0 Å². The second-order valence-electron chi connectivity index (χ2n) is 7.94. The van der Waals surface area contributed by atoms with Gasteiger partial charge >= 0.3 is 0 Å². The van der Waals surface area contributed by atoms with E-state index in [1.807, 2.05) is 0 Å². The Morgan fingerprint density at radius 1 is 0.538 bits per heavy atom. The standard InChI is InChI=1S/C22H45N.C3H8/c1-4-6-8-9-10-11-12-13-14-15-16-17-18-19-20-22(3)23-21-7-5-2;1-3-2/h23H,3-21H2,1-2H3;3H2,1-2H3. The Balaban J connectivity index is 0. The fraction of sp³-hybridized carbons (Fsp3) is 0.920. The monoisotopic (exact) mass is 367 g/mol. The SMILES string of the molecule is C=C(CCCCCCCCCCCCCCCC)NCCCC.CCC. The van der Waals surface area contributed by atoms with E-state index in [1.54, 1.807) is 0 Å². The molecule has 0 spiro atoms. The van der Waals surface area contributed by atoms with E-state index in [0.29, 0.717) is 0 Å². The lowest BCUT2D eigenvalue weighted by molar-refractivity contribution is 0.533. The highest BCUT2D eigenvalue weighted by Crippen LogP contribution is 2.13. The van der Waals surface area contributed by atoms with Crippen LogP contribution in [0.1, 0.15) is 143 Å². The summed E-state index contributed by atoms with van der Waals surface area (Å²) in [4.78, 5) is 0. The molecule has 1 N–H and O–H groups in total. The molecule has 0 amide bonds. The second-order valence-corrected chi connectivity index (χ2v) is 7.94. The molecule has 0 aromatic carbocycles. The Morgan fingerprint density at radius 2 is 0.885 bits per heavy atom. The average Bonchev–Trinajstić information content (AvgIpc) is 2.63. The molecule has 1 nitrogen and oxygen atoms in total. The van der Waals surface area contributed by atoms with Crippen molar-refractivity contribution in [2.45, 2.75) is 143 Å². The minimum Gasteiger partial charge on any atom is -0.389 e. The fourth-order valence-electron chi connectivity index (χ4n) is 3.06. The minimum absolute atomic E-state index is 1.11. The van der Waals surface area contributed by atoms with Gasteiger partial charge in [0, 0.05) is 12.2 Å². The normalized spacial score (nSPS) is 10.3. The lowest BCUT2D eigenvalue weighted by Gasteiger charge is -2.08. The van der Waals surface area contributed by atoms with Crippen molar-refractivity contribution in [3.63, 3.8) is 0 Å². The third kappa shape index (κ3) is 28.3. The summed E-state index contributed by atoms with van der Waals surface area (Å²) in [5, 5.41) is 3.44. The first kappa shape index (κ1) is 27.8. The van der Waals surface area contributed by atoms with Crippen LogP contribution in [0.25, 0.3) is 0 Å². The Morgan fingerprint density at radius 3 is 1.27 bits per heavy atom. The van der Waals surface area contributed by atoms with Crippen molar-refractivity contribution in [1.29, 1.82) is 0 Å². The Hall–Kier alpha value is -0.460. The van der Waals surface area contributed by atoms with Gasteiger partial charge in [0.25, 0.3) is 0 Å². The van der Waals surface area contributed by atoms with Crippen LogP contribution in [-0.4, -0.2) is 6.54 Å². The van der Waals surface area contributed by atoms with Crippen LogP contribution < -0.4 is 5.32 Å². The van der Waals surface area contributed by atoms with Crippen molar-refractivity contribution in [1.82, 2.24) is 5.32 Å². The molecule has 0 aromatic rings. The molecule has 0 saturated heterocycles. The van der Waals surface area contributed by atoms with Gasteiger partial charge in [-0.15, -0.1) is 0 Å². The summed E-state index contributed by atoms with van der Waals surface area (Å²) in [7, 11) is 0. The molecule has 26 heavy (non-hydrogen) atoms. The van der Waals surface area contributed by atoms with Crippen LogP contribution in [0.3, 0.4) is 0 Å². The molecule has 0 saturated carbocycles. The van der Waals surface area contributed by atoms with Gasteiger partial charge < -0.3 is 5.32 Å². The molecule has 0 radical (unpaired) electrons. The van der Waals surface area contributed by atoms with Crippen molar-refractivity contribution < 1.29 is 0 Å². The lowest BCUT2D eigenvalue weighted by Crippen LogP contribution is -2.13. The fourth-order valence-corrected chi connectivity index (χ4v) is 3.06. The van der Waals surface area contributed by atoms with Crippen LogP contribution in [0.15, 0.2) is 12.3 Å². The average molecular weight is 368 g/mol. The van der Waals surface area contributed by atoms with Crippen molar-refractivity contribution in [2.75, 3.05) is 6.54 Å². The Kier molecular flexibility index (Phi) is 28.6. The van der Waals surface area contributed by atoms with E-state index in [0.717, 1.165) is 6.54 Å². The number of unbranched alkanes of at least 4 members (excludes halogenated alkanes) is 14. The maximum absolute atomic E-state index is 4.11. The van der Waals surface area contributed by atoms with Crippen LogP contribution in [0.4, 0.5) is 0 Å². The molecule has 0 aliphatic heterocycles. The van der Waals surface area contributed by atoms with E-state index in [1.165, 1.54) is 121 Å². The largest absolute Gasteiger partial charge is 0.389 e. The van der Waals surface area contributed by atoms with Gasteiger partial charge in [-0.2, -0.15) is 0 Å². The second kappa shape index (κ2) is 26.8. The van der Waals surface area contributed by atoms with E-state index in [4.69, 9.17) is 0 Å². The zero-order valence-electron chi connectivity index (χ0n) is 19.1. The van der Waals surface area contributed by atoms with E-state index in [2.05, 4.69) is 39.6 Å². The molecule has 0 fully saturated rings. The first-order valence-corrected chi connectivity index (χ1v) is 12.1. The maximum Gasteiger partial charge on any atom is 0.0143 e. The van der Waals surface area contributed by atoms with E-state index >= 15 is 0 Å². The molecule has 0 rings (SSSR count). The van der Waals surface area contributed by atoms with Crippen molar-refractivity contribution in [3.8, 4) is 0 Å². The molecule has 0 bridgehead atoms. The smallest absolute Gasteiger partial charge is 0.0143 e. The summed E-state index contributed by atoms with van der Waals surface area (Å²) in [6, 6.07) is 0. The lowest BCUT2D eigenvalue weighted by atomic mass is 10.0. The molecular weight excluding hydrogens is 314 g/mol. The first-order chi connectivity index (χ1) is 12.7. The highest BCUT2D eigenvalue weighted by atomic mass is 14.9. The predicted octanol–water partition coefficient (Wildman–Crippen LogP) is 9.18. The quantitative estimate of drug-likeness (QED) is 0.224. The Bertz CT molecular complexity index is 247. The molecule has 0 aliphatic rings. The molecule has 158 valence electrons. The van der Waals surface area contributed by atoms with Crippen LogP contribution in [0.2, 0.25) is 0 Å². The van der Waals surface area contributed by atoms with Gasteiger partial charge in [0.2, 0.25) is 0 Å². The summed E-state index contributed by atoms with van der Waals surface area (Å²) in [6.45, 7) is 14.0. The summed E-state index contributed by atoms with van der Waals surface area (Å²) in [5.41, 5.74) is 1.25. The summed E-state index contributed by atoms with van der Waals surface area (Å²) < 4.78 is 0. The molecule has 0 unspecified atom stereocenters. The van der Waals surface area contributed by atoms with Crippen molar-refractivity contribution >= 4 is 0 Å². The van der Waals surface area contributed by atoms with Crippen molar-refractivity contribution in [3.05, 3.63) is 12.3 Å². The van der Waals surface area contributed by atoms with Gasteiger partial charge in [0.1, 0.15) is 0 Å². The topological polar surface area (TPSA) is 12.0 Å². The number of rotatable bonds is 19. The highest BCUT2D eigenvalue weighted by molar-refractivity contribution is 4.90. The number of hydrogen-bond acceptors (Lipinski definition) is 1. The van der Waals surface area contributed by atoms with Gasteiger partial charge in [0.05, 0.1) is 0 Å². The van der Waals surface area contributed by atoms with E-state index < -0.39 is 0 Å². The van der Waals surface area contributed by atoms with Gasteiger partial charge in [-0.25, -0.2) is 0 Å². The van der Waals surface area contributed by atoms with Crippen LogP contribution in [0.5, 0.6) is 0 Å². The zero-order chi connectivity index (χ0) is 19.7. The molecule has 0 aromatic heterocycles. The van der Waals surface area contributed by atoms with Crippen molar-refractivity contribution in [2.24, 2.45) is 0 Å². The van der Waals surface area contributed by atoms with Gasteiger partial charge in [-0.1, -0.05) is 131 Å². The molecule has 0 aliphatic carbocycles. The molecule has 0 heterocycles. The van der Waals surface area contributed by atoms with Crippen LogP contribution >= 0.6 is 0 Å². The number of allylic oxidation sites excluding steroid dienone is 1. The third-order valence-corrected chi connectivity index (χ3v) is 4.74. The third-order valence-electron chi connectivity index (χ3n) is 4.74. The zero-order valence-corrected chi connectivity index (χ0v) is 19.1. The Labute approximate surface area is 167 Å². The molecular formula is C25H53N. The van der Waals surface area contributed by atoms with Gasteiger partial charge in [-0.3, -0.25) is 0 Å². The van der Waals surface area contributed by atoms with Crippen LogP contribution in [0, 0.1) is 0 Å². The highest BCUT2D eigenvalue weighted by Gasteiger charge is 1.96. The number of hydrogen-bond donors (Lipinski definition) is 1. The number of nitrogens with one attached hydrogen (secondary N) is 1. The summed E-state index contributed by atoms with van der Waals surface area (Å²) in [6.07, 6.45) is 25.0. The molecule has 0 atom stereocenters. The minimum atomic E-state index is 1.11. The van der Waals surface area contributed by atoms with Gasteiger partial charge in [0.15, 0.2) is 0 Å². The summed E-state index contributed by atoms with van der Waals surface area (Å²) >= 11 is 0. The first-order valence-electron chi connectivity index (χ1n) is 12.1. The molecule has 1 heteroatoms. The summed E-state index contributed by atoms with van der Waals surface area (Å²) in [5.74, 6) is 0. The van der Waals surface area contributed by atoms with Gasteiger partial charge in [-0.05, 0) is 19.3 Å². The van der Waals surface area contributed by atoms with E-state index in [9.17, 15) is 0 Å². The predicted molar refractivity (Wildman–Crippen MR) is 123 cm³/mol. The van der Waals surface area contributed by atoms with Crippen LogP contribution in [-0.2, 0) is 0 Å².